The summed E-state index contributed by atoms with van der Waals surface area (Å²) in [7, 11) is 1.47. The Labute approximate surface area is 148 Å². The summed E-state index contributed by atoms with van der Waals surface area (Å²) in [6.07, 6.45) is 0.115. The Bertz CT molecular complexity index is 1040. The summed E-state index contributed by atoms with van der Waals surface area (Å²) in [6.45, 7) is 0. The lowest BCUT2D eigenvalue weighted by atomic mass is 10.1. The number of benzene rings is 2. The van der Waals surface area contributed by atoms with Crippen molar-refractivity contribution in [2.75, 3.05) is 12.4 Å². The maximum absolute atomic E-state index is 12.4. The Kier molecular flexibility index (Phi) is 4.70. The summed E-state index contributed by atoms with van der Waals surface area (Å²) >= 11 is 0. The van der Waals surface area contributed by atoms with Gasteiger partial charge in [-0.2, -0.15) is 0 Å². The lowest BCUT2D eigenvalue weighted by Crippen LogP contribution is -2.20. The first-order valence-electron chi connectivity index (χ1n) is 7.77. The van der Waals surface area contributed by atoms with Crippen molar-refractivity contribution < 1.29 is 18.7 Å². The van der Waals surface area contributed by atoms with Crippen LogP contribution in [0.3, 0.4) is 0 Å². The Morgan fingerprint density at radius 1 is 1.15 bits per heavy atom. The molecule has 3 aromatic rings. The van der Waals surface area contributed by atoms with E-state index >= 15 is 0 Å². The average molecular weight is 352 g/mol. The third-order valence-corrected chi connectivity index (χ3v) is 3.78. The van der Waals surface area contributed by atoms with Crippen LogP contribution < -0.4 is 21.4 Å². The number of methoxy groups -OCH3 is 1. The predicted molar refractivity (Wildman–Crippen MR) is 96.3 cm³/mol. The van der Waals surface area contributed by atoms with Gasteiger partial charge in [0.25, 0.3) is 5.91 Å². The van der Waals surface area contributed by atoms with E-state index in [4.69, 9.17) is 14.9 Å². The molecule has 0 aliphatic rings. The van der Waals surface area contributed by atoms with Gasteiger partial charge in [0.15, 0.2) is 11.3 Å². The van der Waals surface area contributed by atoms with Crippen LogP contribution in [0.15, 0.2) is 57.7 Å². The molecule has 3 rings (SSSR count). The minimum atomic E-state index is -0.759. The molecule has 7 heteroatoms. The zero-order chi connectivity index (χ0) is 18.7. The lowest BCUT2D eigenvalue weighted by Gasteiger charge is -2.07. The van der Waals surface area contributed by atoms with Crippen LogP contribution in [0, 0.1) is 0 Å². The van der Waals surface area contributed by atoms with E-state index in [1.54, 1.807) is 42.5 Å². The van der Waals surface area contributed by atoms with Crippen LogP contribution in [-0.2, 0) is 11.2 Å². The number of hydrogen-bond acceptors (Lipinski definition) is 5. The quantitative estimate of drug-likeness (QED) is 0.683. The van der Waals surface area contributed by atoms with Crippen molar-refractivity contribution >= 4 is 28.5 Å². The number of nitrogens with two attached hydrogens (primary N) is 1. The molecule has 1 aromatic heterocycles. The Morgan fingerprint density at radius 2 is 1.88 bits per heavy atom. The molecule has 132 valence electrons. The van der Waals surface area contributed by atoms with Gasteiger partial charge >= 0.3 is 5.63 Å². The number of rotatable bonds is 5. The number of carbonyl (C=O) groups is 2. The molecule has 0 aliphatic carbocycles. The first kappa shape index (κ1) is 17.2. The fraction of sp³-hybridized carbons (Fsp3) is 0.105. The fourth-order valence-corrected chi connectivity index (χ4v) is 2.54. The lowest BCUT2D eigenvalue weighted by molar-refractivity contribution is -0.117. The van der Waals surface area contributed by atoms with Crippen molar-refractivity contribution in [1.82, 2.24) is 0 Å². The fourth-order valence-electron chi connectivity index (χ4n) is 2.54. The second-order valence-corrected chi connectivity index (χ2v) is 5.62. The standard InChI is InChI=1S/C19H16N2O5/c1-25-15-4-2-3-12-10-14(19(24)26-17(12)15)18(23)21-13-7-5-11(6-8-13)9-16(20)22/h2-8,10H,9H2,1H3,(H2,20,22)(H,21,23). The number of ether oxygens (including phenoxy) is 1. The number of carbonyl (C=O) groups excluding carboxylic acids is 2. The van der Waals surface area contributed by atoms with Gasteiger partial charge in [0, 0.05) is 11.1 Å². The van der Waals surface area contributed by atoms with Gasteiger partial charge in [0.2, 0.25) is 5.91 Å². The van der Waals surface area contributed by atoms with E-state index in [9.17, 15) is 14.4 Å². The van der Waals surface area contributed by atoms with Gasteiger partial charge in [-0.25, -0.2) is 4.79 Å². The highest BCUT2D eigenvalue weighted by Gasteiger charge is 2.15. The van der Waals surface area contributed by atoms with E-state index < -0.39 is 17.4 Å². The minimum absolute atomic E-state index is 0.115. The van der Waals surface area contributed by atoms with Gasteiger partial charge in [-0.15, -0.1) is 0 Å². The van der Waals surface area contributed by atoms with E-state index in [0.717, 1.165) is 5.56 Å². The van der Waals surface area contributed by atoms with Crippen molar-refractivity contribution in [2.45, 2.75) is 6.42 Å². The van der Waals surface area contributed by atoms with Crippen LogP contribution in [0.25, 0.3) is 11.0 Å². The van der Waals surface area contributed by atoms with Gasteiger partial charge in [0.1, 0.15) is 5.56 Å². The maximum atomic E-state index is 12.4. The monoisotopic (exact) mass is 352 g/mol. The van der Waals surface area contributed by atoms with Crippen molar-refractivity contribution in [3.05, 3.63) is 70.1 Å². The summed E-state index contributed by atoms with van der Waals surface area (Å²) in [4.78, 5) is 35.5. The second-order valence-electron chi connectivity index (χ2n) is 5.62. The van der Waals surface area contributed by atoms with E-state index in [2.05, 4.69) is 5.32 Å². The largest absolute Gasteiger partial charge is 0.493 e. The summed E-state index contributed by atoms with van der Waals surface area (Å²) in [5.41, 5.74) is 5.76. The normalized spacial score (nSPS) is 10.5. The minimum Gasteiger partial charge on any atom is -0.493 e. The summed E-state index contributed by atoms with van der Waals surface area (Å²) < 4.78 is 10.4. The molecule has 0 aliphatic heterocycles. The molecule has 26 heavy (non-hydrogen) atoms. The number of primary amides is 1. The Balaban J connectivity index is 1.87. The van der Waals surface area contributed by atoms with Crippen LogP contribution in [-0.4, -0.2) is 18.9 Å². The van der Waals surface area contributed by atoms with Crippen molar-refractivity contribution in [3.8, 4) is 5.75 Å². The molecule has 2 amide bonds. The Hall–Kier alpha value is -3.61. The van der Waals surface area contributed by atoms with Gasteiger partial charge < -0.3 is 20.2 Å². The molecule has 3 N–H and O–H groups in total. The van der Waals surface area contributed by atoms with Gasteiger partial charge in [-0.1, -0.05) is 24.3 Å². The number of hydrogen-bond donors (Lipinski definition) is 2. The van der Waals surface area contributed by atoms with Gasteiger partial charge in [0.05, 0.1) is 13.5 Å². The molecule has 1 heterocycles. The first-order valence-corrected chi connectivity index (χ1v) is 7.77. The molecule has 7 nitrogen and oxygen atoms in total. The van der Waals surface area contributed by atoms with E-state index in [1.165, 1.54) is 13.2 Å². The average Bonchev–Trinajstić information content (AvgIpc) is 2.61. The second kappa shape index (κ2) is 7.10. The third kappa shape index (κ3) is 3.56. The topological polar surface area (TPSA) is 112 Å². The zero-order valence-electron chi connectivity index (χ0n) is 13.9. The molecule has 0 bridgehead atoms. The van der Waals surface area contributed by atoms with E-state index in [-0.39, 0.29) is 17.6 Å². The molecule has 0 atom stereocenters. The third-order valence-electron chi connectivity index (χ3n) is 3.78. The smallest absolute Gasteiger partial charge is 0.349 e. The van der Waals surface area contributed by atoms with Crippen molar-refractivity contribution in [1.29, 1.82) is 0 Å². The van der Waals surface area contributed by atoms with Crippen LogP contribution in [0.5, 0.6) is 5.75 Å². The highest BCUT2D eigenvalue weighted by Crippen LogP contribution is 2.24. The Morgan fingerprint density at radius 3 is 2.54 bits per heavy atom. The summed E-state index contributed by atoms with van der Waals surface area (Å²) in [5, 5.41) is 3.20. The molecular formula is C19H16N2O5. The van der Waals surface area contributed by atoms with Crippen molar-refractivity contribution in [3.63, 3.8) is 0 Å². The molecule has 0 saturated carbocycles. The number of para-hydroxylation sites is 1. The van der Waals surface area contributed by atoms with E-state index in [0.29, 0.717) is 16.8 Å². The summed E-state index contributed by atoms with van der Waals surface area (Å²) in [6, 6.07) is 13.2. The molecular weight excluding hydrogens is 336 g/mol. The van der Waals surface area contributed by atoms with Crippen molar-refractivity contribution in [2.24, 2.45) is 5.73 Å². The highest BCUT2D eigenvalue weighted by molar-refractivity contribution is 6.05. The molecule has 0 saturated heterocycles. The van der Waals surface area contributed by atoms with Crippen LogP contribution >= 0.6 is 0 Å². The molecule has 0 unspecified atom stereocenters. The number of amides is 2. The SMILES string of the molecule is COc1cccc2cc(C(=O)Nc3ccc(CC(N)=O)cc3)c(=O)oc12. The number of anilines is 1. The highest BCUT2D eigenvalue weighted by atomic mass is 16.5. The predicted octanol–water partition coefficient (Wildman–Crippen LogP) is 2.08. The van der Waals surface area contributed by atoms with E-state index in [1.807, 2.05) is 0 Å². The molecule has 2 aromatic carbocycles. The first-order chi connectivity index (χ1) is 12.5. The van der Waals surface area contributed by atoms with Gasteiger partial charge in [-0.3, -0.25) is 9.59 Å². The van der Waals surface area contributed by atoms with Crippen LogP contribution in [0.4, 0.5) is 5.69 Å². The zero-order valence-corrected chi connectivity index (χ0v) is 13.9. The molecule has 0 radical (unpaired) electrons. The number of fused-ring (bicyclic) bond motifs is 1. The van der Waals surface area contributed by atoms with Crippen LogP contribution in [0.1, 0.15) is 15.9 Å². The molecule has 0 spiro atoms. The number of nitrogens with one attached hydrogen (secondary N) is 1. The maximum Gasteiger partial charge on any atom is 0.349 e. The van der Waals surface area contributed by atoms with Crippen LogP contribution in [0.2, 0.25) is 0 Å². The molecule has 0 fully saturated rings. The van der Waals surface area contributed by atoms with Gasteiger partial charge in [-0.05, 0) is 29.8 Å². The summed E-state index contributed by atoms with van der Waals surface area (Å²) in [5.74, 6) is -0.617.